The standard InChI is InChI=1S/C6H13NO2/c1-7(8)9-6-4-2-3-5-6/h6-7H,2-5H2,1H3. The predicted molar refractivity (Wildman–Crippen MR) is 33.6 cm³/mol. The molecule has 0 amide bonds. The van der Waals surface area contributed by atoms with Gasteiger partial charge in [0.15, 0.2) is 0 Å². The summed E-state index contributed by atoms with van der Waals surface area (Å²) in [6.07, 6.45) is 4.82. The van der Waals surface area contributed by atoms with Crippen LogP contribution >= 0.6 is 0 Å². The van der Waals surface area contributed by atoms with Crippen molar-refractivity contribution in [2.45, 2.75) is 31.8 Å². The second-order valence-electron chi connectivity index (χ2n) is 2.52. The van der Waals surface area contributed by atoms with Crippen molar-refractivity contribution in [3.8, 4) is 0 Å². The van der Waals surface area contributed by atoms with Gasteiger partial charge in [0, 0.05) is 0 Å². The monoisotopic (exact) mass is 131 g/mol. The van der Waals surface area contributed by atoms with E-state index in [1.54, 1.807) is 0 Å². The van der Waals surface area contributed by atoms with E-state index in [1.807, 2.05) is 0 Å². The van der Waals surface area contributed by atoms with Gasteiger partial charge in [0.25, 0.3) is 0 Å². The van der Waals surface area contributed by atoms with E-state index in [0.717, 1.165) is 12.8 Å². The van der Waals surface area contributed by atoms with Gasteiger partial charge in [0.05, 0.1) is 7.05 Å². The van der Waals surface area contributed by atoms with E-state index < -0.39 is 0 Å². The molecule has 0 heterocycles. The van der Waals surface area contributed by atoms with Crippen molar-refractivity contribution in [1.82, 2.24) is 0 Å². The van der Waals surface area contributed by atoms with Crippen LogP contribution in [0, 0.1) is 5.21 Å². The van der Waals surface area contributed by atoms with Gasteiger partial charge in [-0.15, -0.1) is 0 Å². The SMILES string of the molecule is C[NH+]([O-])OC1CCCC1. The zero-order valence-corrected chi connectivity index (χ0v) is 5.72. The van der Waals surface area contributed by atoms with Gasteiger partial charge in [-0.1, -0.05) is 12.8 Å². The third-order valence-corrected chi connectivity index (χ3v) is 1.63. The van der Waals surface area contributed by atoms with Gasteiger partial charge < -0.3 is 5.21 Å². The van der Waals surface area contributed by atoms with Crippen LogP contribution in [0.25, 0.3) is 0 Å². The molecule has 1 rings (SSSR count). The molecule has 0 radical (unpaired) electrons. The first-order valence-corrected chi connectivity index (χ1v) is 3.46. The number of hydroxylamine groups is 2. The van der Waals surface area contributed by atoms with E-state index in [0.29, 0.717) is 0 Å². The summed E-state index contributed by atoms with van der Waals surface area (Å²) in [6.45, 7) is 0. The molecule has 3 nitrogen and oxygen atoms in total. The number of rotatable bonds is 2. The Morgan fingerprint density at radius 1 is 1.44 bits per heavy atom. The quantitative estimate of drug-likeness (QED) is 0.530. The molecule has 1 N–H and O–H groups in total. The lowest BCUT2D eigenvalue weighted by Gasteiger charge is -2.17. The third-order valence-electron chi connectivity index (χ3n) is 1.63. The molecule has 1 aliphatic rings. The van der Waals surface area contributed by atoms with Crippen molar-refractivity contribution in [1.29, 1.82) is 0 Å². The Labute approximate surface area is 55.1 Å². The Morgan fingerprint density at radius 3 is 2.44 bits per heavy atom. The van der Waals surface area contributed by atoms with Gasteiger partial charge in [0.1, 0.15) is 6.10 Å². The molecule has 0 aromatic rings. The van der Waals surface area contributed by atoms with E-state index in [2.05, 4.69) is 0 Å². The largest absolute Gasteiger partial charge is 0.600 e. The zero-order valence-electron chi connectivity index (χ0n) is 5.72. The molecule has 9 heavy (non-hydrogen) atoms. The maximum absolute atomic E-state index is 10.4. The molecule has 1 aliphatic carbocycles. The molecule has 0 bridgehead atoms. The maximum Gasteiger partial charge on any atom is 0.117 e. The molecule has 1 saturated carbocycles. The first kappa shape index (κ1) is 6.99. The highest BCUT2D eigenvalue weighted by Gasteiger charge is 2.17. The fourth-order valence-electron chi connectivity index (χ4n) is 1.24. The van der Waals surface area contributed by atoms with E-state index in [9.17, 15) is 5.21 Å². The summed E-state index contributed by atoms with van der Waals surface area (Å²) < 4.78 is 0. The summed E-state index contributed by atoms with van der Waals surface area (Å²) in [6, 6.07) is 0. The molecule has 1 fully saturated rings. The fraction of sp³-hybridized carbons (Fsp3) is 1.00. The molecular formula is C6H13NO2. The molecular weight excluding hydrogens is 118 g/mol. The summed E-state index contributed by atoms with van der Waals surface area (Å²) in [5.41, 5.74) is 0. The topological polar surface area (TPSA) is 36.7 Å². The molecule has 0 aromatic heterocycles. The van der Waals surface area contributed by atoms with Gasteiger partial charge in [0.2, 0.25) is 0 Å². The van der Waals surface area contributed by atoms with Crippen molar-refractivity contribution in [3.05, 3.63) is 5.21 Å². The minimum absolute atomic E-state index is 0.137. The lowest BCUT2D eigenvalue weighted by atomic mass is 10.3. The van der Waals surface area contributed by atoms with Crippen LogP contribution in [0.2, 0.25) is 0 Å². The van der Waals surface area contributed by atoms with Crippen molar-refractivity contribution in [2.24, 2.45) is 0 Å². The lowest BCUT2D eigenvalue weighted by molar-refractivity contribution is -1.04. The number of hydrogen-bond donors (Lipinski definition) is 1. The van der Waals surface area contributed by atoms with Crippen LogP contribution in [0.15, 0.2) is 0 Å². The smallest absolute Gasteiger partial charge is 0.117 e. The average molecular weight is 131 g/mol. The van der Waals surface area contributed by atoms with Crippen LogP contribution < -0.4 is 5.23 Å². The summed E-state index contributed by atoms with van der Waals surface area (Å²) in [4.78, 5) is 4.97. The van der Waals surface area contributed by atoms with Crippen LogP contribution in [0.3, 0.4) is 0 Å². The number of hydrogen-bond acceptors (Lipinski definition) is 2. The highest BCUT2D eigenvalue weighted by molar-refractivity contribution is 4.64. The first-order valence-electron chi connectivity index (χ1n) is 3.46. The average Bonchev–Trinajstić information content (AvgIpc) is 2.15. The maximum atomic E-state index is 10.4. The summed E-state index contributed by atoms with van der Waals surface area (Å²) in [7, 11) is 1.47. The first-order chi connectivity index (χ1) is 4.29. The van der Waals surface area contributed by atoms with Crippen molar-refractivity contribution < 1.29 is 10.1 Å². The number of quaternary nitrogens is 1. The van der Waals surface area contributed by atoms with Crippen molar-refractivity contribution in [2.75, 3.05) is 7.05 Å². The molecule has 0 saturated heterocycles. The number of nitrogens with one attached hydrogen (secondary N) is 1. The zero-order chi connectivity index (χ0) is 6.69. The van der Waals surface area contributed by atoms with Crippen LogP contribution in [0.5, 0.6) is 0 Å². The minimum atomic E-state index is -0.137. The molecule has 3 heteroatoms. The molecule has 54 valence electrons. The van der Waals surface area contributed by atoms with Gasteiger partial charge in [-0.3, -0.25) is 0 Å². The fourth-order valence-corrected chi connectivity index (χ4v) is 1.24. The molecule has 1 atom stereocenters. The van der Waals surface area contributed by atoms with Crippen LogP contribution in [-0.4, -0.2) is 13.2 Å². The second-order valence-corrected chi connectivity index (χ2v) is 2.52. The third kappa shape index (κ3) is 2.30. The highest BCUT2D eigenvalue weighted by atomic mass is 16.9. The summed E-state index contributed by atoms with van der Waals surface area (Å²) in [5, 5.41) is 10.2. The van der Waals surface area contributed by atoms with E-state index in [-0.39, 0.29) is 11.3 Å². The summed E-state index contributed by atoms with van der Waals surface area (Å²) >= 11 is 0. The molecule has 0 spiro atoms. The van der Waals surface area contributed by atoms with Gasteiger partial charge in [-0.05, 0) is 12.8 Å². The van der Waals surface area contributed by atoms with E-state index in [4.69, 9.17) is 4.84 Å². The Balaban J connectivity index is 2.11. The molecule has 0 aromatic carbocycles. The predicted octanol–water partition coefficient (Wildman–Crippen LogP) is -0.127. The highest BCUT2D eigenvalue weighted by Crippen LogP contribution is 2.18. The Bertz CT molecular complexity index is 79.1. The molecule has 1 unspecified atom stereocenters. The second kappa shape index (κ2) is 3.15. The summed E-state index contributed by atoms with van der Waals surface area (Å²) in [5.74, 6) is 0. The van der Waals surface area contributed by atoms with E-state index >= 15 is 0 Å². The van der Waals surface area contributed by atoms with Gasteiger partial charge in [-0.25, -0.2) is 10.1 Å². The van der Waals surface area contributed by atoms with Crippen LogP contribution in [0.4, 0.5) is 0 Å². The normalized spacial score (nSPS) is 24.7. The van der Waals surface area contributed by atoms with Gasteiger partial charge in [-0.2, -0.15) is 0 Å². The minimum Gasteiger partial charge on any atom is -0.600 e. The molecule has 0 aliphatic heterocycles. The van der Waals surface area contributed by atoms with Crippen LogP contribution in [0.1, 0.15) is 25.7 Å². The van der Waals surface area contributed by atoms with Crippen LogP contribution in [-0.2, 0) is 4.84 Å². The Morgan fingerprint density at radius 2 is 2.00 bits per heavy atom. The van der Waals surface area contributed by atoms with Crippen molar-refractivity contribution in [3.63, 3.8) is 0 Å². The van der Waals surface area contributed by atoms with E-state index in [1.165, 1.54) is 19.9 Å². The van der Waals surface area contributed by atoms with Gasteiger partial charge >= 0.3 is 0 Å². The Kier molecular flexibility index (Phi) is 2.45. The Hall–Kier alpha value is -0.120. The van der Waals surface area contributed by atoms with Crippen molar-refractivity contribution >= 4 is 0 Å². The lowest BCUT2D eigenvalue weighted by Crippen LogP contribution is -3.03.